The van der Waals surface area contributed by atoms with Crippen LogP contribution in [0.5, 0.6) is 0 Å². The van der Waals surface area contributed by atoms with E-state index < -0.39 is 0 Å². The zero-order valence-corrected chi connectivity index (χ0v) is 13.7. The molecule has 21 heavy (non-hydrogen) atoms. The number of fused-ring (bicyclic) bond motifs is 1. The molecule has 0 fully saturated rings. The van der Waals surface area contributed by atoms with Gasteiger partial charge in [-0.15, -0.1) is 0 Å². The van der Waals surface area contributed by atoms with Crippen LogP contribution < -0.4 is 0 Å². The van der Waals surface area contributed by atoms with Crippen LogP contribution in [0.1, 0.15) is 32.8 Å². The maximum absolute atomic E-state index is 12.8. The molecule has 0 atom stereocenters. The Bertz CT molecular complexity index is 836. The molecule has 3 heteroatoms. The summed E-state index contributed by atoms with van der Waals surface area (Å²) in [5.74, 6) is 0.319. The van der Waals surface area contributed by atoms with E-state index in [1.165, 1.54) is 0 Å². The molecule has 2 nitrogen and oxygen atoms in total. The number of carbonyl (C=O) groups excluding carboxylic acids is 1. The van der Waals surface area contributed by atoms with E-state index in [-0.39, 0.29) is 5.78 Å². The highest BCUT2D eigenvalue weighted by Gasteiger charge is 2.19. The largest absolute Gasteiger partial charge is 0.451 e. The number of ketones is 1. The first-order valence-corrected chi connectivity index (χ1v) is 7.57. The van der Waals surface area contributed by atoms with Gasteiger partial charge in [-0.1, -0.05) is 29.8 Å². The highest BCUT2D eigenvalue weighted by molar-refractivity contribution is 9.10. The summed E-state index contributed by atoms with van der Waals surface area (Å²) in [5, 5.41) is 0.926. The van der Waals surface area contributed by atoms with Crippen LogP contribution in [0.25, 0.3) is 11.0 Å². The average molecular weight is 343 g/mol. The Balaban J connectivity index is 2.15. The third-order valence-corrected chi connectivity index (χ3v) is 4.25. The molecule has 0 saturated heterocycles. The van der Waals surface area contributed by atoms with Gasteiger partial charge in [0, 0.05) is 10.9 Å². The Morgan fingerprint density at radius 1 is 1.05 bits per heavy atom. The SMILES string of the molecule is Cc1cc(C)c(C(=O)c2cc3cccc(Br)c3o2)c(C)c1. The summed E-state index contributed by atoms with van der Waals surface area (Å²) >= 11 is 3.45. The third kappa shape index (κ3) is 2.42. The quantitative estimate of drug-likeness (QED) is 0.587. The number of furan rings is 1. The Hall–Kier alpha value is -1.87. The predicted octanol–water partition coefficient (Wildman–Crippen LogP) is 5.35. The van der Waals surface area contributed by atoms with Gasteiger partial charge in [0.1, 0.15) is 5.58 Å². The summed E-state index contributed by atoms with van der Waals surface area (Å²) < 4.78 is 6.62. The van der Waals surface area contributed by atoms with Crippen molar-refractivity contribution in [2.45, 2.75) is 20.8 Å². The minimum atomic E-state index is -0.0619. The molecule has 0 bridgehead atoms. The van der Waals surface area contributed by atoms with E-state index in [2.05, 4.69) is 15.9 Å². The number of carbonyl (C=O) groups is 1. The van der Waals surface area contributed by atoms with Gasteiger partial charge >= 0.3 is 0 Å². The van der Waals surface area contributed by atoms with Gasteiger partial charge in [-0.3, -0.25) is 4.79 Å². The first kappa shape index (κ1) is 14.1. The van der Waals surface area contributed by atoms with E-state index in [0.29, 0.717) is 11.3 Å². The van der Waals surface area contributed by atoms with Crippen LogP contribution in [0.4, 0.5) is 0 Å². The highest BCUT2D eigenvalue weighted by atomic mass is 79.9. The second kappa shape index (κ2) is 5.15. The van der Waals surface area contributed by atoms with Crippen LogP contribution >= 0.6 is 15.9 Å². The molecule has 106 valence electrons. The number of para-hydroxylation sites is 1. The number of aryl methyl sites for hydroxylation is 3. The van der Waals surface area contributed by atoms with Crippen molar-refractivity contribution in [1.29, 1.82) is 0 Å². The Morgan fingerprint density at radius 3 is 2.33 bits per heavy atom. The molecule has 3 rings (SSSR count). The zero-order chi connectivity index (χ0) is 15.1. The Labute approximate surface area is 131 Å². The Morgan fingerprint density at radius 2 is 1.71 bits per heavy atom. The van der Waals surface area contributed by atoms with Gasteiger partial charge in [-0.05, 0) is 60.0 Å². The van der Waals surface area contributed by atoms with Crippen molar-refractivity contribution in [2.75, 3.05) is 0 Å². The minimum Gasteiger partial charge on any atom is -0.451 e. The van der Waals surface area contributed by atoms with Gasteiger partial charge in [0.25, 0.3) is 0 Å². The summed E-state index contributed by atoms with van der Waals surface area (Å²) in [4.78, 5) is 12.8. The van der Waals surface area contributed by atoms with Gasteiger partial charge in [0.2, 0.25) is 5.78 Å². The van der Waals surface area contributed by atoms with Crippen molar-refractivity contribution in [3.63, 3.8) is 0 Å². The molecule has 0 saturated carbocycles. The second-order valence-corrected chi connectivity index (χ2v) is 6.23. The van der Waals surface area contributed by atoms with Crippen molar-refractivity contribution in [3.8, 4) is 0 Å². The van der Waals surface area contributed by atoms with Crippen LogP contribution in [-0.2, 0) is 0 Å². The molecular weight excluding hydrogens is 328 g/mol. The normalized spacial score (nSPS) is 11.0. The van der Waals surface area contributed by atoms with Gasteiger partial charge < -0.3 is 4.42 Å². The predicted molar refractivity (Wildman–Crippen MR) is 88.0 cm³/mol. The molecule has 1 heterocycles. The third-order valence-electron chi connectivity index (χ3n) is 3.62. The van der Waals surface area contributed by atoms with Gasteiger partial charge in [0.15, 0.2) is 5.76 Å². The molecule has 0 aliphatic heterocycles. The molecule has 1 aromatic heterocycles. The fraction of sp³-hybridized carbons (Fsp3) is 0.167. The fourth-order valence-electron chi connectivity index (χ4n) is 2.80. The second-order valence-electron chi connectivity index (χ2n) is 5.37. The lowest BCUT2D eigenvalue weighted by Crippen LogP contribution is -2.05. The highest BCUT2D eigenvalue weighted by Crippen LogP contribution is 2.29. The smallest absolute Gasteiger partial charge is 0.228 e. The van der Waals surface area contributed by atoms with Crippen LogP contribution in [0, 0.1) is 20.8 Å². The van der Waals surface area contributed by atoms with Crippen LogP contribution in [-0.4, -0.2) is 5.78 Å². The molecule has 0 aliphatic carbocycles. The maximum atomic E-state index is 12.8. The van der Waals surface area contributed by atoms with Crippen molar-refractivity contribution in [1.82, 2.24) is 0 Å². The van der Waals surface area contributed by atoms with Crippen LogP contribution in [0.3, 0.4) is 0 Å². The van der Waals surface area contributed by atoms with E-state index in [1.807, 2.05) is 51.1 Å². The molecular formula is C18H15BrO2. The van der Waals surface area contributed by atoms with E-state index >= 15 is 0 Å². The van der Waals surface area contributed by atoms with E-state index in [0.717, 1.165) is 32.1 Å². The molecule has 0 amide bonds. The lowest BCUT2D eigenvalue weighted by molar-refractivity contribution is 0.101. The number of hydrogen-bond acceptors (Lipinski definition) is 2. The average Bonchev–Trinajstić information content (AvgIpc) is 2.82. The van der Waals surface area contributed by atoms with Gasteiger partial charge in [-0.25, -0.2) is 0 Å². The summed E-state index contributed by atoms with van der Waals surface area (Å²) in [7, 11) is 0. The summed E-state index contributed by atoms with van der Waals surface area (Å²) in [6.07, 6.45) is 0. The number of rotatable bonds is 2. The monoisotopic (exact) mass is 342 g/mol. The number of benzene rings is 2. The Kier molecular flexibility index (Phi) is 3.46. The zero-order valence-electron chi connectivity index (χ0n) is 12.2. The molecule has 0 unspecified atom stereocenters. The topological polar surface area (TPSA) is 30.2 Å². The van der Waals surface area contributed by atoms with Gasteiger partial charge in [0.05, 0.1) is 4.47 Å². The molecule has 3 aromatic rings. The van der Waals surface area contributed by atoms with E-state index in [9.17, 15) is 4.79 Å². The molecule has 0 N–H and O–H groups in total. The molecule has 0 radical (unpaired) electrons. The van der Waals surface area contributed by atoms with Gasteiger partial charge in [-0.2, -0.15) is 0 Å². The van der Waals surface area contributed by atoms with Crippen LogP contribution in [0.2, 0.25) is 0 Å². The van der Waals surface area contributed by atoms with E-state index in [1.54, 1.807) is 6.07 Å². The summed E-state index contributed by atoms with van der Waals surface area (Å²) in [6, 6.07) is 11.6. The summed E-state index contributed by atoms with van der Waals surface area (Å²) in [5.41, 5.74) is 4.57. The van der Waals surface area contributed by atoms with Crippen molar-refractivity contribution in [3.05, 3.63) is 68.9 Å². The molecule has 2 aromatic carbocycles. The first-order valence-electron chi connectivity index (χ1n) is 6.78. The van der Waals surface area contributed by atoms with Crippen molar-refractivity contribution >= 4 is 32.7 Å². The minimum absolute atomic E-state index is 0.0619. The number of halogens is 1. The fourth-order valence-corrected chi connectivity index (χ4v) is 3.26. The number of hydrogen-bond donors (Lipinski definition) is 0. The van der Waals surface area contributed by atoms with E-state index in [4.69, 9.17) is 4.42 Å². The standard InChI is InChI=1S/C18H15BrO2/c1-10-7-11(2)16(12(3)8-10)17(20)15-9-13-5-4-6-14(19)18(13)21-15/h4-9H,1-3H3. The maximum Gasteiger partial charge on any atom is 0.228 e. The van der Waals surface area contributed by atoms with Crippen molar-refractivity contribution < 1.29 is 9.21 Å². The lowest BCUT2D eigenvalue weighted by atomic mass is 9.95. The first-order chi connectivity index (χ1) is 9.97. The van der Waals surface area contributed by atoms with Crippen molar-refractivity contribution in [2.24, 2.45) is 0 Å². The lowest BCUT2D eigenvalue weighted by Gasteiger charge is -2.08. The summed E-state index contributed by atoms with van der Waals surface area (Å²) in [6.45, 7) is 5.96. The van der Waals surface area contributed by atoms with Crippen LogP contribution in [0.15, 0.2) is 45.3 Å². The molecule has 0 spiro atoms. The molecule has 0 aliphatic rings.